The molecule has 5 rings (SSSR count). The molecule has 0 unspecified atom stereocenters. The van der Waals surface area contributed by atoms with Crippen LogP contribution in [0.15, 0.2) is 66.7 Å². The van der Waals surface area contributed by atoms with Crippen LogP contribution in [0, 0.1) is 0 Å². The number of anilines is 1. The summed E-state index contributed by atoms with van der Waals surface area (Å²) in [7, 11) is 4.75. The lowest BCUT2D eigenvalue weighted by Crippen LogP contribution is -2.24. The number of nitrogens with zero attached hydrogens (tertiary/aromatic N) is 3. The molecule has 0 fully saturated rings. The van der Waals surface area contributed by atoms with E-state index in [1.165, 1.54) is 0 Å². The first-order valence-electron chi connectivity index (χ1n) is 11.2. The Hall–Kier alpha value is -4.79. The Morgan fingerprint density at radius 1 is 0.889 bits per heavy atom. The number of aromatic nitrogens is 3. The summed E-state index contributed by atoms with van der Waals surface area (Å²) < 4.78 is 17.8. The van der Waals surface area contributed by atoms with E-state index in [0.29, 0.717) is 45.9 Å². The number of amides is 1. The highest BCUT2D eigenvalue weighted by molar-refractivity contribution is 6.11. The average molecular weight is 484 g/mol. The van der Waals surface area contributed by atoms with Gasteiger partial charge in [-0.1, -0.05) is 24.3 Å². The van der Waals surface area contributed by atoms with Crippen LogP contribution in [-0.4, -0.2) is 41.8 Å². The second kappa shape index (κ2) is 9.46. The maximum Gasteiger partial charge on any atom is 0.257 e. The van der Waals surface area contributed by atoms with Gasteiger partial charge in [-0.15, -0.1) is 0 Å². The minimum absolute atomic E-state index is 0.205. The Bertz CT molecular complexity index is 1580. The number of carbonyl (C=O) groups excluding carboxylic acids is 1. The molecule has 0 aliphatic rings. The van der Waals surface area contributed by atoms with Gasteiger partial charge in [0.25, 0.3) is 5.91 Å². The Labute approximate surface area is 207 Å². The van der Waals surface area contributed by atoms with Gasteiger partial charge in [0.1, 0.15) is 34.1 Å². The molecule has 0 aliphatic heterocycles. The van der Waals surface area contributed by atoms with Crippen molar-refractivity contribution in [3.05, 3.63) is 77.9 Å². The largest absolute Gasteiger partial charge is 0.497 e. The summed E-state index contributed by atoms with van der Waals surface area (Å²) in [5, 5.41) is 2.95. The minimum Gasteiger partial charge on any atom is -0.497 e. The van der Waals surface area contributed by atoms with E-state index in [9.17, 15) is 4.79 Å². The Balaban J connectivity index is 1.64. The summed E-state index contributed by atoms with van der Waals surface area (Å²) in [6.45, 7) is 0.307. The second-order valence-corrected chi connectivity index (χ2v) is 8.05. The zero-order valence-corrected chi connectivity index (χ0v) is 20.1. The number of nitrogens with two attached hydrogens (primary N) is 1. The highest BCUT2D eigenvalue weighted by atomic mass is 16.5. The van der Waals surface area contributed by atoms with E-state index in [4.69, 9.17) is 29.9 Å². The number of hydrogen-bond acceptors (Lipinski definition) is 7. The molecule has 0 atom stereocenters. The van der Waals surface area contributed by atoms with Gasteiger partial charge >= 0.3 is 0 Å². The van der Waals surface area contributed by atoms with Crippen LogP contribution in [0.4, 0.5) is 5.82 Å². The van der Waals surface area contributed by atoms with Gasteiger partial charge in [0.05, 0.1) is 38.1 Å². The molecular formula is C27H25N5O4. The molecule has 36 heavy (non-hydrogen) atoms. The smallest absolute Gasteiger partial charge is 0.257 e. The number of nitrogens with one attached hydrogen (secondary N) is 1. The first-order valence-corrected chi connectivity index (χ1v) is 11.2. The van der Waals surface area contributed by atoms with Crippen molar-refractivity contribution in [1.29, 1.82) is 0 Å². The number of hydrogen-bond donors (Lipinski definition) is 2. The molecule has 0 saturated carbocycles. The predicted molar refractivity (Wildman–Crippen MR) is 138 cm³/mol. The van der Waals surface area contributed by atoms with Gasteiger partial charge in [0.2, 0.25) is 0 Å². The van der Waals surface area contributed by atoms with Crippen molar-refractivity contribution in [2.75, 3.05) is 27.1 Å². The predicted octanol–water partition coefficient (Wildman–Crippen LogP) is 4.11. The zero-order valence-electron chi connectivity index (χ0n) is 20.1. The van der Waals surface area contributed by atoms with E-state index >= 15 is 0 Å². The Morgan fingerprint density at radius 3 is 2.22 bits per heavy atom. The van der Waals surface area contributed by atoms with Gasteiger partial charge in [0, 0.05) is 12.6 Å². The fourth-order valence-corrected chi connectivity index (χ4v) is 4.11. The lowest BCUT2D eigenvalue weighted by molar-refractivity contribution is 0.0953. The molecule has 3 aromatic carbocycles. The number of methoxy groups -OCH3 is 3. The van der Waals surface area contributed by atoms with Crippen molar-refractivity contribution in [3.63, 3.8) is 0 Å². The number of rotatable bonds is 7. The summed E-state index contributed by atoms with van der Waals surface area (Å²) >= 11 is 0. The number of ether oxygens (including phenoxy) is 3. The normalized spacial score (nSPS) is 11.0. The highest BCUT2D eigenvalue weighted by Gasteiger charge is 2.26. The van der Waals surface area contributed by atoms with Crippen LogP contribution in [0.2, 0.25) is 0 Å². The standard InChI is InChI=1S/C27H25N5O4/c1-34-17-10-8-16(9-11-17)15-29-27(33)23-24-26(31-20-7-5-4-6-19(20)30-24)32(25(23)28)21-13-12-18(35-2)14-22(21)36-3/h4-14H,15,28H2,1-3H3,(H,29,33). The van der Waals surface area contributed by atoms with E-state index in [1.807, 2.05) is 54.6 Å². The molecule has 2 heterocycles. The van der Waals surface area contributed by atoms with Crippen molar-refractivity contribution in [1.82, 2.24) is 19.9 Å². The van der Waals surface area contributed by atoms with Crippen LogP contribution < -0.4 is 25.3 Å². The maximum atomic E-state index is 13.5. The van der Waals surface area contributed by atoms with E-state index < -0.39 is 0 Å². The van der Waals surface area contributed by atoms with E-state index in [2.05, 4.69) is 5.32 Å². The van der Waals surface area contributed by atoms with Crippen LogP contribution in [0.1, 0.15) is 15.9 Å². The fourth-order valence-electron chi connectivity index (χ4n) is 4.11. The summed E-state index contributed by atoms with van der Waals surface area (Å²) in [5.41, 5.74) is 10.6. The second-order valence-electron chi connectivity index (χ2n) is 8.05. The molecular weight excluding hydrogens is 458 g/mol. The molecule has 0 bridgehead atoms. The minimum atomic E-state index is -0.357. The topological polar surface area (TPSA) is 114 Å². The van der Waals surface area contributed by atoms with Crippen molar-refractivity contribution in [2.24, 2.45) is 0 Å². The number of carbonyl (C=O) groups is 1. The van der Waals surface area contributed by atoms with Crippen LogP contribution in [-0.2, 0) is 6.54 Å². The van der Waals surface area contributed by atoms with E-state index in [0.717, 1.165) is 11.3 Å². The van der Waals surface area contributed by atoms with Gasteiger partial charge in [0.15, 0.2) is 5.65 Å². The van der Waals surface area contributed by atoms with E-state index in [1.54, 1.807) is 38.0 Å². The molecule has 0 spiro atoms. The van der Waals surface area contributed by atoms with Crippen LogP contribution >= 0.6 is 0 Å². The van der Waals surface area contributed by atoms with Gasteiger partial charge in [-0.05, 0) is 42.0 Å². The first kappa shape index (κ1) is 23.0. The van der Waals surface area contributed by atoms with Gasteiger partial charge in [-0.3, -0.25) is 9.36 Å². The quantitative estimate of drug-likeness (QED) is 0.358. The van der Waals surface area contributed by atoms with Crippen LogP contribution in [0.25, 0.3) is 27.9 Å². The average Bonchev–Trinajstić information content (AvgIpc) is 3.20. The summed E-state index contributed by atoms with van der Waals surface area (Å²) in [4.78, 5) is 23.0. The van der Waals surface area contributed by atoms with E-state index in [-0.39, 0.29) is 17.3 Å². The number of fused-ring (bicyclic) bond motifs is 2. The molecule has 2 aromatic heterocycles. The molecule has 5 aromatic rings. The van der Waals surface area contributed by atoms with Crippen molar-refractivity contribution < 1.29 is 19.0 Å². The molecule has 1 amide bonds. The molecule has 0 radical (unpaired) electrons. The van der Waals surface area contributed by atoms with Crippen molar-refractivity contribution >= 4 is 33.9 Å². The van der Waals surface area contributed by atoms with Gasteiger partial charge in [-0.25, -0.2) is 9.97 Å². The maximum absolute atomic E-state index is 13.5. The zero-order chi connectivity index (χ0) is 25.2. The van der Waals surface area contributed by atoms with Crippen LogP contribution in [0.5, 0.6) is 17.2 Å². The molecule has 0 saturated heterocycles. The third-order valence-electron chi connectivity index (χ3n) is 5.96. The summed E-state index contributed by atoms with van der Waals surface area (Å²) in [6.07, 6.45) is 0. The Kier molecular flexibility index (Phi) is 6.03. The molecule has 3 N–H and O–H groups in total. The highest BCUT2D eigenvalue weighted by Crippen LogP contribution is 2.36. The number of benzene rings is 3. The van der Waals surface area contributed by atoms with Gasteiger partial charge in [-0.2, -0.15) is 0 Å². The van der Waals surface area contributed by atoms with Crippen LogP contribution in [0.3, 0.4) is 0 Å². The molecule has 9 heteroatoms. The summed E-state index contributed by atoms with van der Waals surface area (Å²) in [6, 6.07) is 20.3. The monoisotopic (exact) mass is 483 g/mol. The van der Waals surface area contributed by atoms with Gasteiger partial charge < -0.3 is 25.3 Å². The number of para-hydroxylation sites is 2. The van der Waals surface area contributed by atoms with Crippen molar-refractivity contribution in [2.45, 2.75) is 6.54 Å². The third kappa shape index (κ3) is 4.00. The number of nitrogen functional groups attached to an aromatic ring is 1. The molecule has 182 valence electrons. The SMILES string of the molecule is COc1ccc(CNC(=O)c2c(N)n(-c3ccc(OC)cc3OC)c3nc4ccccc4nc23)cc1. The fraction of sp³-hybridized carbons (Fsp3) is 0.148. The third-order valence-corrected chi connectivity index (χ3v) is 5.96. The lowest BCUT2D eigenvalue weighted by atomic mass is 10.2. The van der Waals surface area contributed by atoms with Crippen molar-refractivity contribution in [3.8, 4) is 22.9 Å². The lowest BCUT2D eigenvalue weighted by Gasteiger charge is -2.14. The summed E-state index contributed by atoms with van der Waals surface area (Å²) in [5.74, 6) is 1.73. The Morgan fingerprint density at radius 2 is 1.56 bits per heavy atom. The molecule has 0 aliphatic carbocycles. The molecule has 9 nitrogen and oxygen atoms in total. The first-order chi connectivity index (χ1) is 17.5.